The fourth-order valence-corrected chi connectivity index (χ4v) is 4.20. The van der Waals surface area contributed by atoms with Crippen molar-refractivity contribution >= 4 is 33.6 Å². The summed E-state index contributed by atoms with van der Waals surface area (Å²) in [4.78, 5) is 26.1. The number of amides is 2. The molecule has 0 radical (unpaired) electrons. The zero-order chi connectivity index (χ0) is 25.9. The van der Waals surface area contributed by atoms with Crippen LogP contribution in [0.1, 0.15) is 45.7 Å². The van der Waals surface area contributed by atoms with Crippen molar-refractivity contribution in [3.63, 3.8) is 0 Å². The molecule has 3 aromatic carbocycles. The van der Waals surface area contributed by atoms with E-state index in [4.69, 9.17) is 0 Å². The molecule has 0 fully saturated rings. The van der Waals surface area contributed by atoms with Crippen molar-refractivity contribution < 1.29 is 35.9 Å². The molecule has 1 aliphatic rings. The summed E-state index contributed by atoms with van der Waals surface area (Å²) in [5.74, 6) is -1.30. The molecule has 1 aromatic heterocycles. The van der Waals surface area contributed by atoms with Crippen LogP contribution in [0.15, 0.2) is 54.6 Å². The normalized spacial score (nSPS) is 13.9. The second-order valence-corrected chi connectivity index (χ2v) is 7.66. The van der Waals surface area contributed by atoms with Crippen molar-refractivity contribution in [2.24, 2.45) is 0 Å². The summed E-state index contributed by atoms with van der Waals surface area (Å²) < 4.78 is 81.9. The van der Waals surface area contributed by atoms with Gasteiger partial charge in [-0.2, -0.15) is 26.3 Å². The Kier molecular flexibility index (Phi) is 5.65. The Morgan fingerprint density at radius 2 is 1.17 bits per heavy atom. The summed E-state index contributed by atoms with van der Waals surface area (Å²) in [6, 6.07) is 9.93. The van der Waals surface area contributed by atoms with Crippen LogP contribution >= 0.6 is 0 Å². The number of hydrogen-bond acceptors (Lipinski definition) is 2. The lowest BCUT2D eigenvalue weighted by Gasteiger charge is -2.14. The predicted octanol–water partition coefficient (Wildman–Crippen LogP) is 7.07. The van der Waals surface area contributed by atoms with E-state index in [1.807, 2.05) is 13.8 Å². The number of halogens is 6. The maximum Gasteiger partial charge on any atom is 0.416 e. The third kappa shape index (κ3) is 3.73. The molecule has 2 heterocycles. The number of alkyl halides is 6. The fraction of sp³-hybridized carbons (Fsp3) is 0.200. The van der Waals surface area contributed by atoms with Crippen molar-refractivity contribution in [2.75, 3.05) is 7.05 Å². The molecule has 0 saturated heterocycles. The molecule has 0 bridgehead atoms. The number of fused-ring (bicyclic) bond motifs is 4. The zero-order valence-electron chi connectivity index (χ0n) is 18.7. The molecule has 0 N–H and O–H groups in total. The van der Waals surface area contributed by atoms with E-state index in [0.29, 0.717) is 0 Å². The first-order valence-electron chi connectivity index (χ1n) is 10.6. The molecular formula is C25H18F6N2O2. The molecule has 2 amide bonds. The van der Waals surface area contributed by atoms with E-state index in [0.717, 1.165) is 29.2 Å². The van der Waals surface area contributed by atoms with E-state index in [1.165, 1.54) is 41.9 Å². The maximum atomic E-state index is 13.4. The van der Waals surface area contributed by atoms with Gasteiger partial charge in [0.25, 0.3) is 11.8 Å². The quantitative estimate of drug-likeness (QED) is 0.211. The van der Waals surface area contributed by atoms with Crippen LogP contribution in [-0.4, -0.2) is 28.3 Å². The smallest absolute Gasteiger partial charge is 0.308 e. The van der Waals surface area contributed by atoms with Crippen molar-refractivity contribution in [2.45, 2.75) is 26.2 Å². The van der Waals surface area contributed by atoms with E-state index in [9.17, 15) is 35.9 Å². The predicted molar refractivity (Wildman–Crippen MR) is 119 cm³/mol. The number of carbonyl (C=O) groups is 2. The maximum absolute atomic E-state index is 13.4. The minimum absolute atomic E-state index is 0.0221. The highest BCUT2D eigenvalue weighted by molar-refractivity contribution is 6.23. The highest BCUT2D eigenvalue weighted by Crippen LogP contribution is 2.41. The van der Waals surface area contributed by atoms with E-state index in [1.54, 1.807) is 0 Å². The minimum Gasteiger partial charge on any atom is -0.308 e. The lowest BCUT2D eigenvalue weighted by atomic mass is 10.1. The second-order valence-electron chi connectivity index (χ2n) is 7.66. The van der Waals surface area contributed by atoms with Crippen LogP contribution in [0.4, 0.5) is 26.3 Å². The van der Waals surface area contributed by atoms with Crippen LogP contribution < -0.4 is 0 Å². The number of carbonyl (C=O) groups excluding carboxylic acids is 2. The lowest BCUT2D eigenvalue weighted by molar-refractivity contribution is -0.138. The molecule has 1 aliphatic heterocycles. The van der Waals surface area contributed by atoms with Gasteiger partial charge in [0.05, 0.1) is 39.0 Å². The van der Waals surface area contributed by atoms with Gasteiger partial charge in [0, 0.05) is 17.8 Å². The van der Waals surface area contributed by atoms with Gasteiger partial charge in [-0.05, 0) is 36.4 Å². The van der Waals surface area contributed by atoms with E-state index < -0.39 is 35.3 Å². The Balaban J connectivity index is 0.00000141. The second kappa shape index (κ2) is 8.14. The Morgan fingerprint density at radius 3 is 1.63 bits per heavy atom. The van der Waals surface area contributed by atoms with Crippen LogP contribution in [0.5, 0.6) is 0 Å². The van der Waals surface area contributed by atoms with Gasteiger partial charge in [-0.15, -0.1) is 0 Å². The summed E-state index contributed by atoms with van der Waals surface area (Å²) in [6.07, 6.45) is -9.39. The van der Waals surface area contributed by atoms with Gasteiger partial charge in [0.2, 0.25) is 0 Å². The molecule has 35 heavy (non-hydrogen) atoms. The SMILES string of the molecule is CC.CN1C(=O)c2cccc(-n3c4cc(C(F)(F)F)ccc4c4ccc(C(F)(F)F)cc43)c2C1=O. The Morgan fingerprint density at radius 1 is 0.686 bits per heavy atom. The Bertz CT molecular complexity index is 1430. The van der Waals surface area contributed by atoms with Crippen LogP contribution in [0.3, 0.4) is 0 Å². The third-order valence-electron chi connectivity index (χ3n) is 5.76. The third-order valence-corrected chi connectivity index (χ3v) is 5.76. The van der Waals surface area contributed by atoms with Gasteiger partial charge >= 0.3 is 12.4 Å². The molecule has 182 valence electrons. The van der Waals surface area contributed by atoms with Gasteiger partial charge in [0.1, 0.15) is 0 Å². The standard InChI is InChI=1S/C23H12F6N2O2.C2H6/c1-30-20(32)15-3-2-4-16(19(15)21(30)33)31-17-9-11(22(24,25)26)5-7-13(17)14-8-6-12(10-18(14)31)23(27,28)29;1-2/h2-10H,1H3;1-2H3. The summed E-state index contributed by atoms with van der Waals surface area (Å²) in [6.45, 7) is 4.00. The molecule has 10 heteroatoms. The fourth-order valence-electron chi connectivity index (χ4n) is 4.20. The summed E-state index contributed by atoms with van der Waals surface area (Å²) in [5.41, 5.74) is -2.12. The van der Waals surface area contributed by atoms with Crippen molar-refractivity contribution in [1.82, 2.24) is 9.47 Å². The average molecular weight is 492 g/mol. The van der Waals surface area contributed by atoms with Crippen LogP contribution in [0.2, 0.25) is 0 Å². The molecule has 0 saturated carbocycles. The highest BCUT2D eigenvalue weighted by Gasteiger charge is 2.37. The number of aromatic nitrogens is 1. The van der Waals surface area contributed by atoms with Gasteiger partial charge in [-0.1, -0.05) is 32.0 Å². The molecule has 0 aliphatic carbocycles. The molecule has 0 unspecified atom stereocenters. The number of benzene rings is 3. The minimum atomic E-state index is -4.70. The van der Waals surface area contributed by atoms with Gasteiger partial charge < -0.3 is 4.57 Å². The molecular weight excluding hydrogens is 474 g/mol. The van der Waals surface area contributed by atoms with Crippen molar-refractivity contribution in [3.8, 4) is 5.69 Å². The topological polar surface area (TPSA) is 42.3 Å². The Hall–Kier alpha value is -3.82. The average Bonchev–Trinajstić information content (AvgIpc) is 3.25. The van der Waals surface area contributed by atoms with E-state index in [-0.39, 0.29) is 38.6 Å². The summed E-state index contributed by atoms with van der Waals surface area (Å²) in [5, 5.41) is 0.545. The molecule has 4 nitrogen and oxygen atoms in total. The first-order chi connectivity index (χ1) is 16.4. The monoisotopic (exact) mass is 492 g/mol. The van der Waals surface area contributed by atoms with Crippen molar-refractivity contribution in [1.29, 1.82) is 0 Å². The Labute approximate surface area is 195 Å². The zero-order valence-corrected chi connectivity index (χ0v) is 18.7. The van der Waals surface area contributed by atoms with E-state index >= 15 is 0 Å². The number of hydrogen-bond donors (Lipinski definition) is 0. The number of imide groups is 1. The van der Waals surface area contributed by atoms with Crippen LogP contribution in [-0.2, 0) is 12.4 Å². The van der Waals surface area contributed by atoms with E-state index in [2.05, 4.69) is 0 Å². The molecule has 0 spiro atoms. The lowest BCUT2D eigenvalue weighted by Crippen LogP contribution is -2.24. The van der Waals surface area contributed by atoms with Crippen LogP contribution in [0, 0.1) is 0 Å². The first-order valence-corrected chi connectivity index (χ1v) is 10.6. The first kappa shape index (κ1) is 24.3. The van der Waals surface area contributed by atoms with Crippen molar-refractivity contribution in [3.05, 3.63) is 76.9 Å². The number of nitrogens with zero attached hydrogens (tertiary/aromatic N) is 2. The van der Waals surface area contributed by atoms with Gasteiger partial charge in [0.15, 0.2) is 0 Å². The van der Waals surface area contributed by atoms with Crippen LogP contribution in [0.25, 0.3) is 27.5 Å². The number of rotatable bonds is 1. The molecule has 0 atom stereocenters. The molecule has 5 rings (SSSR count). The van der Waals surface area contributed by atoms with Gasteiger partial charge in [-0.3, -0.25) is 14.5 Å². The summed E-state index contributed by atoms with van der Waals surface area (Å²) in [7, 11) is 1.25. The highest BCUT2D eigenvalue weighted by atomic mass is 19.4. The summed E-state index contributed by atoms with van der Waals surface area (Å²) >= 11 is 0. The largest absolute Gasteiger partial charge is 0.416 e. The molecule has 4 aromatic rings. The van der Waals surface area contributed by atoms with Gasteiger partial charge in [-0.25, -0.2) is 0 Å².